The van der Waals surface area contributed by atoms with Crippen molar-refractivity contribution in [1.82, 2.24) is 4.90 Å². The Morgan fingerprint density at radius 3 is 3.05 bits per heavy atom. The van der Waals surface area contributed by atoms with E-state index in [1.807, 2.05) is 17.0 Å². The van der Waals surface area contributed by atoms with E-state index in [1.165, 1.54) is 11.1 Å². The van der Waals surface area contributed by atoms with Crippen LogP contribution in [0.4, 0.5) is 0 Å². The molecule has 1 heterocycles. The number of piperidine rings is 1. The molecule has 1 aromatic rings. The molecule has 20 heavy (non-hydrogen) atoms. The van der Waals surface area contributed by atoms with Crippen molar-refractivity contribution in [2.45, 2.75) is 51.0 Å². The summed E-state index contributed by atoms with van der Waals surface area (Å²) >= 11 is 0. The van der Waals surface area contributed by atoms with E-state index < -0.39 is 12.4 Å². The molecular weight excluding hydrogens is 246 g/mol. The van der Waals surface area contributed by atoms with Gasteiger partial charge in [-0.25, -0.2) is 0 Å². The van der Waals surface area contributed by atoms with Crippen LogP contribution in [-0.2, 0) is 11.8 Å². The maximum absolute atomic E-state index is 9.89. The van der Waals surface area contributed by atoms with Crippen LogP contribution in [0.25, 0.3) is 0 Å². The molecule has 1 aromatic carbocycles. The predicted octanol–water partition coefficient (Wildman–Crippen LogP) is 3.33. The molecule has 1 aliphatic heterocycles. The minimum atomic E-state index is -1.55. The molecule has 2 fully saturated rings. The lowest BCUT2D eigenvalue weighted by Gasteiger charge is -2.54. The smallest absolute Gasteiger partial charge is 0.115 e. The second-order valence-electron chi connectivity index (χ2n) is 6.98. The Balaban J connectivity index is 1.76. The van der Waals surface area contributed by atoms with Gasteiger partial charge in [-0.2, -0.15) is 0 Å². The van der Waals surface area contributed by atoms with Crippen molar-refractivity contribution >= 4 is 0 Å². The normalized spacial score (nSPS) is 41.2. The van der Waals surface area contributed by atoms with Crippen LogP contribution in [0.15, 0.2) is 18.2 Å². The van der Waals surface area contributed by atoms with Gasteiger partial charge in [-0.3, -0.25) is 4.90 Å². The van der Waals surface area contributed by atoms with Gasteiger partial charge in [-0.05, 0) is 72.7 Å². The Hall–Kier alpha value is -1.02. The molecule has 4 rings (SSSR count). The minimum absolute atomic E-state index is 0.0255. The Bertz CT molecular complexity index is 658. The highest BCUT2D eigenvalue weighted by Gasteiger charge is 2.48. The first-order chi connectivity index (χ1) is 10.7. The number of likely N-dealkylation sites (tertiary alicyclic amines) is 1. The summed E-state index contributed by atoms with van der Waals surface area (Å²) in [7, 11) is 0. The Morgan fingerprint density at radius 2 is 2.30 bits per heavy atom. The topological polar surface area (TPSA) is 23.5 Å². The highest BCUT2D eigenvalue weighted by Crippen LogP contribution is 2.49. The van der Waals surface area contributed by atoms with Gasteiger partial charge >= 0.3 is 0 Å². The first-order valence-electron chi connectivity index (χ1n) is 9.28. The molecule has 0 spiro atoms. The van der Waals surface area contributed by atoms with Crippen LogP contribution in [0, 0.1) is 11.8 Å². The third-order valence-corrected chi connectivity index (χ3v) is 5.79. The Kier molecular flexibility index (Phi) is 2.08. The molecule has 108 valence electrons. The number of phenols is 1. The summed E-state index contributed by atoms with van der Waals surface area (Å²) in [4.78, 5) is 1.98. The molecule has 3 atom stereocenters. The summed E-state index contributed by atoms with van der Waals surface area (Å²) in [5, 5.41) is 9.89. The zero-order valence-electron chi connectivity index (χ0n) is 15.3. The third-order valence-electron chi connectivity index (χ3n) is 5.79. The lowest BCUT2D eigenvalue weighted by molar-refractivity contribution is 0.0283. The SMILES string of the molecule is [2H]C1(C([2H])([2H])N2CCC3(C)c4cc(O)ccc4CC2C3C)CC1. The summed E-state index contributed by atoms with van der Waals surface area (Å²) in [6.45, 7) is 3.60. The highest BCUT2D eigenvalue weighted by molar-refractivity contribution is 5.44. The fourth-order valence-corrected chi connectivity index (χ4v) is 4.12. The number of fused-ring (bicyclic) bond motifs is 4. The zero-order chi connectivity index (χ0) is 16.6. The number of hydrogen-bond acceptors (Lipinski definition) is 2. The average Bonchev–Trinajstić information content (AvgIpc) is 3.23. The molecule has 1 N–H and O–H groups in total. The quantitative estimate of drug-likeness (QED) is 0.894. The molecule has 0 aromatic heterocycles. The summed E-state index contributed by atoms with van der Waals surface area (Å²) < 4.78 is 25.5. The van der Waals surface area contributed by atoms with E-state index in [1.54, 1.807) is 6.07 Å². The molecule has 2 bridgehead atoms. The Morgan fingerprint density at radius 1 is 1.50 bits per heavy atom. The van der Waals surface area contributed by atoms with Crippen molar-refractivity contribution in [1.29, 1.82) is 0 Å². The summed E-state index contributed by atoms with van der Waals surface area (Å²) in [6, 6.07) is 5.76. The van der Waals surface area contributed by atoms with E-state index in [-0.39, 0.29) is 11.5 Å². The number of phenolic OH excluding ortho intramolecular Hbond substituents is 1. The third kappa shape index (κ3) is 1.81. The maximum Gasteiger partial charge on any atom is 0.115 e. The van der Waals surface area contributed by atoms with E-state index in [2.05, 4.69) is 13.8 Å². The van der Waals surface area contributed by atoms with Crippen molar-refractivity contribution in [3.63, 3.8) is 0 Å². The molecule has 3 aliphatic rings. The number of benzene rings is 1. The van der Waals surface area contributed by atoms with Crippen molar-refractivity contribution in [3.8, 4) is 5.75 Å². The molecule has 1 saturated carbocycles. The molecule has 3 unspecified atom stereocenters. The van der Waals surface area contributed by atoms with E-state index in [9.17, 15) is 5.11 Å². The summed E-state index contributed by atoms with van der Waals surface area (Å²) in [5.41, 5.74) is 2.43. The van der Waals surface area contributed by atoms with Gasteiger partial charge in [-0.1, -0.05) is 19.9 Å². The second-order valence-corrected chi connectivity index (χ2v) is 6.98. The van der Waals surface area contributed by atoms with Crippen LogP contribution in [0.1, 0.15) is 48.3 Å². The highest BCUT2D eigenvalue weighted by atomic mass is 16.3. The van der Waals surface area contributed by atoms with Gasteiger partial charge in [0.25, 0.3) is 0 Å². The van der Waals surface area contributed by atoms with Crippen LogP contribution in [-0.4, -0.2) is 29.1 Å². The number of nitrogens with zero attached hydrogens (tertiary/aromatic N) is 1. The standard InChI is InChI=1S/C18H25NO/c1-12-17-9-14-5-6-15(20)10-16(14)18(12,2)7-8-19(17)11-13-3-4-13/h5-6,10,12-13,17,20H,3-4,7-9,11H2,1-2H3/i11D2,13D. The predicted molar refractivity (Wildman–Crippen MR) is 81.0 cm³/mol. The van der Waals surface area contributed by atoms with Gasteiger partial charge in [0.1, 0.15) is 5.75 Å². The molecule has 0 radical (unpaired) electrons. The second kappa shape index (κ2) is 4.24. The molecule has 2 nitrogen and oxygen atoms in total. The molecular formula is C18H25NO. The van der Waals surface area contributed by atoms with Crippen LogP contribution in [0.3, 0.4) is 0 Å². The lowest BCUT2D eigenvalue weighted by atomic mass is 9.59. The monoisotopic (exact) mass is 274 g/mol. The first kappa shape index (κ1) is 9.83. The molecule has 2 aliphatic carbocycles. The fraction of sp³-hybridized carbons (Fsp3) is 0.667. The minimum Gasteiger partial charge on any atom is -0.508 e. The van der Waals surface area contributed by atoms with Crippen LogP contribution in [0.5, 0.6) is 5.75 Å². The number of hydrogen-bond donors (Lipinski definition) is 1. The van der Waals surface area contributed by atoms with Gasteiger partial charge in [-0.15, -0.1) is 0 Å². The van der Waals surface area contributed by atoms with E-state index in [4.69, 9.17) is 4.11 Å². The fourth-order valence-electron chi connectivity index (χ4n) is 4.12. The molecule has 2 heteroatoms. The average molecular weight is 274 g/mol. The van der Waals surface area contributed by atoms with Gasteiger partial charge in [0, 0.05) is 16.7 Å². The number of rotatable bonds is 2. The van der Waals surface area contributed by atoms with Crippen molar-refractivity contribution in [3.05, 3.63) is 29.3 Å². The van der Waals surface area contributed by atoms with Crippen molar-refractivity contribution in [2.24, 2.45) is 11.8 Å². The summed E-state index contributed by atoms with van der Waals surface area (Å²) in [6.07, 6.45) is 3.01. The van der Waals surface area contributed by atoms with E-state index >= 15 is 0 Å². The zero-order valence-corrected chi connectivity index (χ0v) is 12.3. The first-order valence-corrected chi connectivity index (χ1v) is 7.78. The van der Waals surface area contributed by atoms with Crippen LogP contribution in [0.2, 0.25) is 0 Å². The van der Waals surface area contributed by atoms with Gasteiger partial charge < -0.3 is 5.11 Å². The van der Waals surface area contributed by atoms with Gasteiger partial charge in [0.05, 0.1) is 0 Å². The van der Waals surface area contributed by atoms with E-state index in [0.717, 1.165) is 12.8 Å². The van der Waals surface area contributed by atoms with Crippen molar-refractivity contribution < 1.29 is 9.22 Å². The van der Waals surface area contributed by atoms with Crippen LogP contribution < -0.4 is 0 Å². The van der Waals surface area contributed by atoms with E-state index in [0.29, 0.717) is 31.1 Å². The van der Waals surface area contributed by atoms with Crippen molar-refractivity contribution in [2.75, 3.05) is 13.0 Å². The van der Waals surface area contributed by atoms with Crippen LogP contribution >= 0.6 is 0 Å². The van der Waals surface area contributed by atoms with Gasteiger partial charge in [0.2, 0.25) is 0 Å². The summed E-state index contributed by atoms with van der Waals surface area (Å²) in [5.74, 6) is -0.296. The maximum atomic E-state index is 9.89. The molecule has 1 saturated heterocycles. The largest absolute Gasteiger partial charge is 0.508 e. The Labute approximate surface area is 126 Å². The number of aromatic hydroxyl groups is 1. The lowest BCUT2D eigenvalue weighted by Crippen LogP contribution is -2.58. The van der Waals surface area contributed by atoms with Gasteiger partial charge in [0.15, 0.2) is 0 Å². The molecule has 0 amide bonds.